The largest absolute Gasteiger partial charge is 0.465 e. The number of carboxylic acid groups (broad SMARTS) is 1. The molecule has 1 aromatic carbocycles. The molecule has 128 valence electrons. The Balaban J connectivity index is 1.54. The third-order valence-electron chi connectivity index (χ3n) is 4.55. The Morgan fingerprint density at radius 2 is 2.00 bits per heavy atom. The van der Waals surface area contributed by atoms with E-state index >= 15 is 0 Å². The quantitative estimate of drug-likeness (QED) is 0.866. The van der Waals surface area contributed by atoms with E-state index in [-0.39, 0.29) is 0 Å². The van der Waals surface area contributed by atoms with Crippen LogP contribution in [0, 0.1) is 0 Å². The van der Waals surface area contributed by atoms with E-state index in [1.807, 2.05) is 23.6 Å². The first-order valence-corrected chi connectivity index (χ1v) is 9.16. The number of hydrogen-bond acceptors (Lipinski definition) is 4. The highest BCUT2D eigenvalue weighted by molar-refractivity contribution is 7.09. The molecule has 5 nitrogen and oxygen atoms in total. The Hall–Kier alpha value is -1.92. The summed E-state index contributed by atoms with van der Waals surface area (Å²) in [6, 6.07) is 10.1. The molecule has 1 aromatic heterocycles. The van der Waals surface area contributed by atoms with Gasteiger partial charge >= 0.3 is 6.09 Å². The Labute approximate surface area is 145 Å². The van der Waals surface area contributed by atoms with Crippen molar-refractivity contribution in [2.24, 2.45) is 0 Å². The minimum absolute atomic E-state index is 0.306. The Morgan fingerprint density at radius 3 is 2.67 bits per heavy atom. The Bertz CT molecular complexity index is 666. The zero-order valence-electron chi connectivity index (χ0n) is 13.5. The third-order valence-corrected chi connectivity index (χ3v) is 5.57. The number of rotatable bonds is 5. The van der Waals surface area contributed by atoms with Gasteiger partial charge in [-0.3, -0.25) is 0 Å². The van der Waals surface area contributed by atoms with Crippen LogP contribution in [0.4, 0.5) is 4.79 Å². The van der Waals surface area contributed by atoms with Crippen molar-refractivity contribution in [2.75, 3.05) is 13.1 Å². The third kappa shape index (κ3) is 4.13. The van der Waals surface area contributed by atoms with Crippen LogP contribution in [-0.4, -0.2) is 39.3 Å². The molecule has 1 atom stereocenters. The second-order valence-corrected chi connectivity index (χ2v) is 7.08. The van der Waals surface area contributed by atoms with E-state index in [1.165, 1.54) is 10.5 Å². The van der Waals surface area contributed by atoms with Crippen LogP contribution in [0.5, 0.6) is 0 Å². The average Bonchev–Trinajstić information content (AvgIpc) is 3.11. The van der Waals surface area contributed by atoms with Gasteiger partial charge in [-0.15, -0.1) is 11.3 Å². The zero-order chi connectivity index (χ0) is 16.9. The van der Waals surface area contributed by atoms with Crippen LogP contribution in [-0.2, 0) is 6.42 Å². The highest BCUT2D eigenvalue weighted by Gasteiger charge is 2.26. The number of benzene rings is 1. The van der Waals surface area contributed by atoms with Gasteiger partial charge in [-0.25, -0.2) is 9.78 Å². The van der Waals surface area contributed by atoms with Crippen molar-refractivity contribution in [1.29, 1.82) is 0 Å². The van der Waals surface area contributed by atoms with Crippen LogP contribution in [0.25, 0.3) is 0 Å². The number of aromatic nitrogens is 1. The van der Waals surface area contributed by atoms with Gasteiger partial charge in [0.05, 0.1) is 16.8 Å². The summed E-state index contributed by atoms with van der Waals surface area (Å²) in [6.07, 6.45) is 1.70. The fraction of sp³-hybridized carbons (Fsp3) is 0.444. The summed E-state index contributed by atoms with van der Waals surface area (Å²) in [5.41, 5.74) is 1.96. The minimum atomic E-state index is -0.843. The fourth-order valence-electron chi connectivity index (χ4n) is 3.05. The first-order valence-electron chi connectivity index (χ1n) is 8.28. The number of likely N-dealkylation sites (tertiary alicyclic amines) is 1. The summed E-state index contributed by atoms with van der Waals surface area (Å²) < 4.78 is 0. The molecule has 0 saturated carbocycles. The molecular weight excluding hydrogens is 324 g/mol. The van der Waals surface area contributed by atoms with E-state index in [1.54, 1.807) is 11.3 Å². The number of nitrogens with zero attached hydrogens (tertiary/aromatic N) is 2. The lowest BCUT2D eigenvalue weighted by Crippen LogP contribution is -2.36. The van der Waals surface area contributed by atoms with Crippen LogP contribution in [0.2, 0.25) is 0 Å². The van der Waals surface area contributed by atoms with Crippen molar-refractivity contribution in [2.45, 2.75) is 37.7 Å². The summed E-state index contributed by atoms with van der Waals surface area (Å²) in [7, 11) is 0. The Morgan fingerprint density at radius 1 is 1.29 bits per heavy atom. The smallest absolute Gasteiger partial charge is 0.407 e. The lowest BCUT2D eigenvalue weighted by Gasteiger charge is -2.28. The molecule has 0 aliphatic carbocycles. The summed E-state index contributed by atoms with van der Waals surface area (Å²) in [5.74, 6) is 0.306. The molecule has 1 unspecified atom stereocenters. The SMILES string of the molecule is O=C(O)N1CCC(c2nc(C(O)CCc3ccccc3)cs2)CC1. The molecule has 2 aromatic rings. The maximum Gasteiger partial charge on any atom is 0.407 e. The first kappa shape index (κ1) is 16.9. The predicted molar refractivity (Wildman–Crippen MR) is 93.4 cm³/mol. The number of thiazole rings is 1. The molecular formula is C18H22N2O3S. The molecule has 6 heteroatoms. The maximum atomic E-state index is 11.0. The van der Waals surface area contributed by atoms with Crippen LogP contribution < -0.4 is 0 Å². The van der Waals surface area contributed by atoms with Crippen LogP contribution in [0.3, 0.4) is 0 Å². The highest BCUT2D eigenvalue weighted by atomic mass is 32.1. The lowest BCUT2D eigenvalue weighted by molar-refractivity contribution is 0.132. The van der Waals surface area contributed by atoms with E-state index in [2.05, 4.69) is 17.1 Å². The van der Waals surface area contributed by atoms with Crippen molar-refractivity contribution < 1.29 is 15.0 Å². The number of amides is 1. The first-order chi connectivity index (χ1) is 11.6. The molecule has 1 aliphatic rings. The number of aliphatic hydroxyl groups excluding tert-OH is 1. The van der Waals surface area contributed by atoms with Gasteiger partial charge in [-0.2, -0.15) is 0 Å². The normalized spacial score (nSPS) is 17.0. The summed E-state index contributed by atoms with van der Waals surface area (Å²) >= 11 is 1.58. The van der Waals surface area contributed by atoms with Gasteiger partial charge < -0.3 is 15.1 Å². The van der Waals surface area contributed by atoms with Crippen molar-refractivity contribution >= 4 is 17.4 Å². The van der Waals surface area contributed by atoms with Gasteiger partial charge in [0.15, 0.2) is 0 Å². The van der Waals surface area contributed by atoms with Crippen molar-refractivity contribution in [3.63, 3.8) is 0 Å². The second-order valence-electron chi connectivity index (χ2n) is 6.19. The topological polar surface area (TPSA) is 73.7 Å². The van der Waals surface area contributed by atoms with Gasteiger partial charge in [0, 0.05) is 24.4 Å². The van der Waals surface area contributed by atoms with Crippen molar-refractivity contribution in [3.8, 4) is 0 Å². The number of carbonyl (C=O) groups is 1. The summed E-state index contributed by atoms with van der Waals surface area (Å²) in [4.78, 5) is 17.0. The van der Waals surface area contributed by atoms with Gasteiger partial charge in [-0.05, 0) is 31.2 Å². The standard InChI is InChI=1S/C18H22N2O3S/c21-16(7-6-13-4-2-1-3-5-13)15-12-24-17(19-15)14-8-10-20(11-9-14)18(22)23/h1-5,12,14,16,21H,6-11H2,(H,22,23). The molecule has 24 heavy (non-hydrogen) atoms. The molecule has 0 radical (unpaired) electrons. The highest BCUT2D eigenvalue weighted by Crippen LogP contribution is 2.32. The van der Waals surface area contributed by atoms with E-state index in [0.717, 1.165) is 30.0 Å². The van der Waals surface area contributed by atoms with Crippen molar-refractivity contribution in [3.05, 3.63) is 52.0 Å². The van der Waals surface area contributed by atoms with Crippen LogP contribution >= 0.6 is 11.3 Å². The molecule has 0 bridgehead atoms. The molecule has 0 spiro atoms. The van der Waals surface area contributed by atoms with Crippen LogP contribution in [0.15, 0.2) is 35.7 Å². The number of aryl methyl sites for hydroxylation is 1. The zero-order valence-corrected chi connectivity index (χ0v) is 14.3. The van der Waals surface area contributed by atoms with Gasteiger partial charge in [0.25, 0.3) is 0 Å². The number of hydrogen-bond donors (Lipinski definition) is 2. The molecule has 1 fully saturated rings. The van der Waals surface area contributed by atoms with Gasteiger partial charge in [-0.1, -0.05) is 30.3 Å². The lowest BCUT2D eigenvalue weighted by atomic mass is 9.98. The molecule has 1 amide bonds. The van der Waals surface area contributed by atoms with Gasteiger partial charge in [0.1, 0.15) is 0 Å². The molecule has 1 aliphatic heterocycles. The fourth-order valence-corrected chi connectivity index (χ4v) is 4.09. The molecule has 1 saturated heterocycles. The second kappa shape index (κ2) is 7.77. The molecule has 3 rings (SSSR count). The number of piperidine rings is 1. The van der Waals surface area contributed by atoms with Crippen LogP contribution in [0.1, 0.15) is 47.5 Å². The molecule has 2 N–H and O–H groups in total. The van der Waals surface area contributed by atoms with E-state index in [4.69, 9.17) is 5.11 Å². The maximum absolute atomic E-state index is 11.0. The Kier molecular flexibility index (Phi) is 5.48. The summed E-state index contributed by atoms with van der Waals surface area (Å²) in [5, 5.41) is 22.3. The van der Waals surface area contributed by atoms with Gasteiger partial charge in [0.2, 0.25) is 0 Å². The van der Waals surface area contributed by atoms with E-state index < -0.39 is 12.2 Å². The summed E-state index contributed by atoms with van der Waals surface area (Å²) in [6.45, 7) is 1.12. The average molecular weight is 346 g/mol. The monoisotopic (exact) mass is 346 g/mol. The predicted octanol–water partition coefficient (Wildman–Crippen LogP) is 3.67. The number of aliphatic hydroxyl groups is 1. The molecule has 2 heterocycles. The minimum Gasteiger partial charge on any atom is -0.465 e. The van der Waals surface area contributed by atoms with Crippen molar-refractivity contribution in [1.82, 2.24) is 9.88 Å². The van der Waals surface area contributed by atoms with E-state index in [9.17, 15) is 9.90 Å². The van der Waals surface area contributed by atoms with E-state index in [0.29, 0.717) is 25.4 Å².